The van der Waals surface area contributed by atoms with Crippen LogP contribution < -0.4 is 4.74 Å². The van der Waals surface area contributed by atoms with Gasteiger partial charge in [0.05, 0.1) is 13.0 Å². The van der Waals surface area contributed by atoms with E-state index < -0.39 is 5.97 Å². The monoisotopic (exact) mass is 295 g/mol. The van der Waals surface area contributed by atoms with Gasteiger partial charge in [-0.05, 0) is 30.0 Å². The van der Waals surface area contributed by atoms with Crippen LogP contribution in [0.3, 0.4) is 0 Å². The van der Waals surface area contributed by atoms with Gasteiger partial charge in [-0.25, -0.2) is 4.39 Å². The van der Waals surface area contributed by atoms with Crippen molar-refractivity contribution >= 4 is 5.97 Å². The van der Waals surface area contributed by atoms with Crippen LogP contribution in [0.2, 0.25) is 0 Å². The fraction of sp³-hybridized carbons (Fsp3) is 0.562. The molecule has 1 saturated heterocycles. The highest BCUT2D eigenvalue weighted by molar-refractivity contribution is 5.71. The van der Waals surface area contributed by atoms with Crippen molar-refractivity contribution < 1.29 is 19.0 Å². The molecule has 5 heteroatoms. The van der Waals surface area contributed by atoms with Crippen molar-refractivity contribution in [2.24, 2.45) is 17.8 Å². The van der Waals surface area contributed by atoms with Gasteiger partial charge in [0.15, 0.2) is 0 Å². The third-order valence-electron chi connectivity index (χ3n) is 4.26. The lowest BCUT2D eigenvalue weighted by molar-refractivity contribution is -0.143. The van der Waals surface area contributed by atoms with Crippen LogP contribution in [-0.2, 0) is 11.3 Å². The molecule has 0 bridgehead atoms. The number of hydrogen-bond acceptors (Lipinski definition) is 3. The topological polar surface area (TPSA) is 49.8 Å². The molecule has 0 radical (unpaired) electrons. The van der Waals surface area contributed by atoms with Crippen molar-refractivity contribution in [2.45, 2.75) is 20.4 Å². The van der Waals surface area contributed by atoms with Gasteiger partial charge >= 0.3 is 5.97 Å². The zero-order valence-electron chi connectivity index (χ0n) is 12.7. The number of carboxylic acids is 1. The van der Waals surface area contributed by atoms with E-state index in [0.29, 0.717) is 36.9 Å². The zero-order chi connectivity index (χ0) is 15.6. The van der Waals surface area contributed by atoms with E-state index in [1.165, 1.54) is 6.07 Å². The molecule has 0 aromatic heterocycles. The summed E-state index contributed by atoms with van der Waals surface area (Å²) in [6, 6.07) is 4.65. The summed E-state index contributed by atoms with van der Waals surface area (Å²) < 4.78 is 19.0. The molecule has 1 aromatic rings. The molecule has 0 unspecified atom stereocenters. The Labute approximate surface area is 124 Å². The summed E-state index contributed by atoms with van der Waals surface area (Å²) in [7, 11) is 1.54. The Balaban J connectivity index is 2.12. The quantitative estimate of drug-likeness (QED) is 0.907. The van der Waals surface area contributed by atoms with Gasteiger partial charge in [0.25, 0.3) is 0 Å². The molecule has 2 rings (SSSR count). The summed E-state index contributed by atoms with van der Waals surface area (Å²) in [5.41, 5.74) is 0.544. The molecular formula is C16H22FNO3. The number of aliphatic carboxylic acids is 1. The number of benzene rings is 1. The Kier molecular flexibility index (Phi) is 4.83. The van der Waals surface area contributed by atoms with Crippen LogP contribution in [0.1, 0.15) is 19.4 Å². The maximum absolute atomic E-state index is 13.9. The summed E-state index contributed by atoms with van der Waals surface area (Å²) in [6.07, 6.45) is 0. The van der Waals surface area contributed by atoms with Crippen molar-refractivity contribution in [1.82, 2.24) is 4.90 Å². The molecule has 2 atom stereocenters. The normalized spacial score (nSPS) is 22.7. The summed E-state index contributed by atoms with van der Waals surface area (Å²) in [5, 5.41) is 9.33. The van der Waals surface area contributed by atoms with E-state index in [2.05, 4.69) is 0 Å². The summed E-state index contributed by atoms with van der Waals surface area (Å²) in [5.74, 6) is -0.403. The second-order valence-corrected chi connectivity index (χ2v) is 6.00. The largest absolute Gasteiger partial charge is 0.497 e. The van der Waals surface area contributed by atoms with Gasteiger partial charge in [0.1, 0.15) is 11.6 Å². The zero-order valence-corrected chi connectivity index (χ0v) is 12.7. The molecular weight excluding hydrogens is 273 g/mol. The van der Waals surface area contributed by atoms with E-state index in [1.54, 1.807) is 19.2 Å². The third kappa shape index (κ3) is 3.53. The summed E-state index contributed by atoms with van der Waals surface area (Å²) in [6.45, 7) is 5.64. The number of hydrogen-bond donors (Lipinski definition) is 1. The first-order valence-electron chi connectivity index (χ1n) is 7.20. The first-order chi connectivity index (χ1) is 9.92. The average Bonchev–Trinajstić information content (AvgIpc) is 2.85. The number of nitrogens with zero attached hydrogens (tertiary/aromatic N) is 1. The third-order valence-corrected chi connectivity index (χ3v) is 4.26. The van der Waals surface area contributed by atoms with E-state index in [4.69, 9.17) is 4.74 Å². The highest BCUT2D eigenvalue weighted by Crippen LogP contribution is 2.31. The molecule has 21 heavy (non-hydrogen) atoms. The Morgan fingerprint density at radius 3 is 2.71 bits per heavy atom. The minimum atomic E-state index is -0.762. The van der Waals surface area contributed by atoms with Gasteiger partial charge in [-0.2, -0.15) is 0 Å². The van der Waals surface area contributed by atoms with Crippen LogP contribution >= 0.6 is 0 Å². The smallest absolute Gasteiger partial charge is 0.308 e. The van der Waals surface area contributed by atoms with E-state index in [0.717, 1.165) is 0 Å². The SMILES string of the molecule is COc1ccc(F)c(CN2C[C@@H](C(=O)O)[C@H](C(C)C)C2)c1. The van der Waals surface area contributed by atoms with E-state index >= 15 is 0 Å². The summed E-state index contributed by atoms with van der Waals surface area (Å²) in [4.78, 5) is 13.4. The Morgan fingerprint density at radius 2 is 2.19 bits per heavy atom. The molecule has 0 amide bonds. The Bertz CT molecular complexity index is 518. The van der Waals surface area contributed by atoms with E-state index in [1.807, 2.05) is 18.7 Å². The molecule has 1 heterocycles. The van der Waals surface area contributed by atoms with E-state index in [-0.39, 0.29) is 17.7 Å². The standard InChI is InChI=1S/C16H22FNO3/c1-10(2)13-8-18(9-14(13)16(19)20)7-11-6-12(21-3)4-5-15(11)17/h4-6,10,13-14H,7-9H2,1-3H3,(H,19,20)/t13-,14+/m0/s1. The van der Waals surface area contributed by atoms with Crippen LogP contribution in [-0.4, -0.2) is 36.2 Å². The highest BCUT2D eigenvalue weighted by atomic mass is 19.1. The fourth-order valence-corrected chi connectivity index (χ4v) is 3.02. The Hall–Kier alpha value is -1.62. The van der Waals surface area contributed by atoms with Crippen LogP contribution in [0.25, 0.3) is 0 Å². The van der Waals surface area contributed by atoms with Crippen molar-refractivity contribution in [1.29, 1.82) is 0 Å². The van der Waals surface area contributed by atoms with Gasteiger partial charge < -0.3 is 9.84 Å². The van der Waals surface area contributed by atoms with Crippen molar-refractivity contribution in [2.75, 3.05) is 20.2 Å². The molecule has 0 spiro atoms. The van der Waals surface area contributed by atoms with Gasteiger partial charge in [-0.3, -0.25) is 9.69 Å². The lowest BCUT2D eigenvalue weighted by Gasteiger charge is -2.19. The fourth-order valence-electron chi connectivity index (χ4n) is 3.02. The number of rotatable bonds is 5. The molecule has 1 aliphatic heterocycles. The maximum Gasteiger partial charge on any atom is 0.308 e. The predicted octanol–water partition coefficient (Wildman–Crippen LogP) is 2.62. The van der Waals surface area contributed by atoms with Gasteiger partial charge in [0.2, 0.25) is 0 Å². The number of ether oxygens (including phenoxy) is 1. The second kappa shape index (κ2) is 6.43. The second-order valence-electron chi connectivity index (χ2n) is 6.00. The molecule has 1 aromatic carbocycles. The maximum atomic E-state index is 13.9. The molecule has 116 valence electrons. The molecule has 0 aliphatic carbocycles. The predicted molar refractivity (Wildman–Crippen MR) is 77.7 cm³/mol. The first-order valence-corrected chi connectivity index (χ1v) is 7.20. The van der Waals surface area contributed by atoms with Gasteiger partial charge in [-0.1, -0.05) is 13.8 Å². The molecule has 1 N–H and O–H groups in total. The minimum Gasteiger partial charge on any atom is -0.497 e. The number of carboxylic acid groups (broad SMARTS) is 1. The van der Waals surface area contributed by atoms with Gasteiger partial charge in [0, 0.05) is 25.2 Å². The van der Waals surface area contributed by atoms with Crippen LogP contribution in [0.15, 0.2) is 18.2 Å². The lowest BCUT2D eigenvalue weighted by atomic mass is 9.86. The number of halogens is 1. The van der Waals surface area contributed by atoms with Gasteiger partial charge in [-0.15, -0.1) is 0 Å². The first kappa shape index (κ1) is 15.8. The molecule has 4 nitrogen and oxygen atoms in total. The van der Waals surface area contributed by atoms with E-state index in [9.17, 15) is 14.3 Å². The number of likely N-dealkylation sites (tertiary alicyclic amines) is 1. The van der Waals surface area contributed by atoms with Crippen LogP contribution in [0, 0.1) is 23.6 Å². The number of carbonyl (C=O) groups is 1. The lowest BCUT2D eigenvalue weighted by Crippen LogP contribution is -2.25. The molecule has 1 aliphatic rings. The molecule has 1 fully saturated rings. The van der Waals surface area contributed by atoms with Crippen molar-refractivity contribution in [3.05, 3.63) is 29.6 Å². The number of methoxy groups -OCH3 is 1. The van der Waals surface area contributed by atoms with Crippen molar-refractivity contribution in [3.8, 4) is 5.75 Å². The average molecular weight is 295 g/mol. The highest BCUT2D eigenvalue weighted by Gasteiger charge is 2.39. The van der Waals surface area contributed by atoms with Crippen LogP contribution in [0.5, 0.6) is 5.75 Å². The van der Waals surface area contributed by atoms with Crippen molar-refractivity contribution in [3.63, 3.8) is 0 Å². The summed E-state index contributed by atoms with van der Waals surface area (Å²) >= 11 is 0. The Morgan fingerprint density at radius 1 is 1.48 bits per heavy atom. The van der Waals surface area contributed by atoms with Crippen LogP contribution in [0.4, 0.5) is 4.39 Å². The minimum absolute atomic E-state index is 0.108. The molecule has 0 saturated carbocycles.